The van der Waals surface area contributed by atoms with Gasteiger partial charge >= 0.3 is 6.03 Å². The van der Waals surface area contributed by atoms with Crippen molar-refractivity contribution >= 4 is 16.9 Å². The number of nitrogens with zero attached hydrogens (tertiary/aromatic N) is 2. The van der Waals surface area contributed by atoms with E-state index < -0.39 is 0 Å². The molecule has 0 spiro atoms. The number of nitrogens with one attached hydrogen (secondary N) is 1. The summed E-state index contributed by atoms with van der Waals surface area (Å²) < 4.78 is 22.5. The van der Waals surface area contributed by atoms with Crippen LogP contribution in [0.4, 0.5) is 4.79 Å². The second kappa shape index (κ2) is 10.7. The lowest BCUT2D eigenvalue weighted by Gasteiger charge is -2.41. The number of aromatic nitrogens is 1. The zero-order valence-electron chi connectivity index (χ0n) is 21.3. The highest BCUT2D eigenvalue weighted by Crippen LogP contribution is 2.41. The van der Waals surface area contributed by atoms with Crippen molar-refractivity contribution in [2.24, 2.45) is 0 Å². The first kappa shape index (κ1) is 24.3. The number of morpholine rings is 1. The van der Waals surface area contributed by atoms with Crippen LogP contribution in [0.2, 0.25) is 0 Å². The van der Waals surface area contributed by atoms with Gasteiger partial charge in [0.15, 0.2) is 11.5 Å². The molecule has 1 saturated heterocycles. The van der Waals surface area contributed by atoms with E-state index in [9.17, 15) is 4.79 Å². The predicted molar refractivity (Wildman–Crippen MR) is 138 cm³/mol. The first-order valence-corrected chi connectivity index (χ1v) is 12.7. The molecule has 5 rings (SSSR count). The van der Waals surface area contributed by atoms with Crippen LogP contribution in [0.5, 0.6) is 17.2 Å². The minimum atomic E-state index is -0.0650. The van der Waals surface area contributed by atoms with Gasteiger partial charge in [0.2, 0.25) is 0 Å². The van der Waals surface area contributed by atoms with Gasteiger partial charge in [0, 0.05) is 36.7 Å². The van der Waals surface area contributed by atoms with Crippen LogP contribution < -0.4 is 14.2 Å². The van der Waals surface area contributed by atoms with E-state index in [0.717, 1.165) is 53.0 Å². The number of carbonyl (C=O) groups excluding carboxylic acids is 1. The van der Waals surface area contributed by atoms with Crippen molar-refractivity contribution in [2.45, 2.75) is 32.2 Å². The number of aryl methyl sites for hydroxylation is 1. The minimum Gasteiger partial charge on any atom is -0.497 e. The van der Waals surface area contributed by atoms with Crippen molar-refractivity contribution in [1.82, 2.24) is 14.8 Å². The summed E-state index contributed by atoms with van der Waals surface area (Å²) >= 11 is 0. The van der Waals surface area contributed by atoms with Gasteiger partial charge in [-0.15, -0.1) is 0 Å². The number of benzene rings is 2. The quantitative estimate of drug-likeness (QED) is 0.522. The summed E-state index contributed by atoms with van der Waals surface area (Å²) in [6, 6.07) is 10.3. The summed E-state index contributed by atoms with van der Waals surface area (Å²) in [6.45, 7) is 5.62. The number of H-pyrrole nitrogens is 1. The number of amides is 2. The Balaban J connectivity index is 1.48. The zero-order chi connectivity index (χ0) is 25.1. The van der Waals surface area contributed by atoms with Gasteiger partial charge in [0.1, 0.15) is 5.75 Å². The van der Waals surface area contributed by atoms with E-state index in [1.807, 2.05) is 28.9 Å². The predicted octanol–water partition coefficient (Wildman–Crippen LogP) is 4.57. The van der Waals surface area contributed by atoms with E-state index in [4.69, 9.17) is 18.9 Å². The highest BCUT2D eigenvalue weighted by Gasteiger charge is 2.34. The number of hydrogen-bond donors (Lipinski definition) is 1. The Hall–Kier alpha value is -3.39. The molecule has 192 valence electrons. The van der Waals surface area contributed by atoms with Gasteiger partial charge in [-0.25, -0.2) is 4.79 Å². The van der Waals surface area contributed by atoms with Crippen molar-refractivity contribution in [1.29, 1.82) is 0 Å². The molecule has 1 N–H and O–H groups in total. The number of fused-ring (bicyclic) bond motifs is 2. The van der Waals surface area contributed by atoms with Crippen LogP contribution >= 0.6 is 0 Å². The monoisotopic (exact) mass is 493 g/mol. The number of aromatic amines is 1. The second-order valence-electron chi connectivity index (χ2n) is 9.24. The molecule has 2 aromatic carbocycles. The van der Waals surface area contributed by atoms with Crippen molar-refractivity contribution < 1.29 is 23.7 Å². The Labute approximate surface area is 212 Å². The molecule has 2 aliphatic rings. The SMILES string of the molecule is CCOc1cc2c(cc1OC)CCN(C(=O)N1CCOCC1)[C@H]2CCc1c[nH]c2ccc(OC)cc12. The third kappa shape index (κ3) is 4.69. The molecule has 2 amide bonds. The van der Waals surface area contributed by atoms with Crippen LogP contribution in [0.3, 0.4) is 0 Å². The molecular formula is C28H35N3O5. The van der Waals surface area contributed by atoms with Gasteiger partial charge < -0.3 is 33.7 Å². The zero-order valence-corrected chi connectivity index (χ0v) is 21.3. The largest absolute Gasteiger partial charge is 0.497 e. The van der Waals surface area contributed by atoms with Crippen LogP contribution in [0.15, 0.2) is 36.5 Å². The maximum Gasteiger partial charge on any atom is 0.320 e. The normalized spacial score (nSPS) is 17.7. The summed E-state index contributed by atoms with van der Waals surface area (Å²) in [5.41, 5.74) is 4.66. The maximum atomic E-state index is 13.7. The lowest BCUT2D eigenvalue weighted by molar-refractivity contribution is 0.0376. The molecule has 2 aliphatic heterocycles. The smallest absolute Gasteiger partial charge is 0.320 e. The first-order chi connectivity index (χ1) is 17.6. The van der Waals surface area contributed by atoms with E-state index in [1.54, 1.807) is 14.2 Å². The molecule has 1 aromatic heterocycles. The van der Waals surface area contributed by atoms with Gasteiger partial charge in [-0.1, -0.05) is 0 Å². The maximum absolute atomic E-state index is 13.7. The Bertz CT molecular complexity index is 1220. The summed E-state index contributed by atoms with van der Waals surface area (Å²) in [6.07, 6.45) is 4.47. The number of methoxy groups -OCH3 is 2. The van der Waals surface area contributed by atoms with Gasteiger partial charge in [0.25, 0.3) is 0 Å². The standard InChI is InChI=1S/C28H35N3O5/c1-4-36-27-17-23-19(15-26(27)34-3)9-10-31(28(32)30-11-13-35-14-12-30)25(23)8-5-20-18-29-24-7-6-21(33-2)16-22(20)24/h6-7,15-18,25,29H,4-5,8-14H2,1-3H3/t25-/m0/s1. The summed E-state index contributed by atoms with van der Waals surface area (Å²) in [4.78, 5) is 21.0. The Kier molecular flexibility index (Phi) is 7.23. The van der Waals surface area contributed by atoms with Gasteiger partial charge in [-0.05, 0) is 73.2 Å². The van der Waals surface area contributed by atoms with E-state index in [2.05, 4.69) is 29.4 Å². The number of rotatable bonds is 7. The molecule has 36 heavy (non-hydrogen) atoms. The van der Waals surface area contributed by atoms with Gasteiger partial charge in [-0.3, -0.25) is 0 Å². The molecule has 1 atom stereocenters. The number of hydrogen-bond acceptors (Lipinski definition) is 5. The average Bonchev–Trinajstić information content (AvgIpc) is 3.33. The molecule has 0 radical (unpaired) electrons. The van der Waals surface area contributed by atoms with Crippen molar-refractivity contribution in [3.63, 3.8) is 0 Å². The number of ether oxygens (including phenoxy) is 4. The van der Waals surface area contributed by atoms with Crippen LogP contribution in [-0.4, -0.2) is 74.5 Å². The molecule has 0 bridgehead atoms. The van der Waals surface area contributed by atoms with Crippen LogP contribution in [0.1, 0.15) is 36.1 Å². The van der Waals surface area contributed by atoms with Crippen molar-refractivity contribution in [3.05, 3.63) is 53.2 Å². The second-order valence-corrected chi connectivity index (χ2v) is 9.24. The first-order valence-electron chi connectivity index (χ1n) is 12.7. The fourth-order valence-electron chi connectivity index (χ4n) is 5.40. The summed E-state index contributed by atoms with van der Waals surface area (Å²) in [7, 11) is 3.36. The molecule has 3 aromatic rings. The van der Waals surface area contributed by atoms with E-state index in [-0.39, 0.29) is 12.1 Å². The van der Waals surface area contributed by atoms with Crippen molar-refractivity contribution in [2.75, 3.05) is 53.7 Å². The molecule has 8 nitrogen and oxygen atoms in total. The average molecular weight is 494 g/mol. The van der Waals surface area contributed by atoms with E-state index in [1.165, 1.54) is 11.1 Å². The molecular weight excluding hydrogens is 458 g/mol. The van der Waals surface area contributed by atoms with E-state index >= 15 is 0 Å². The van der Waals surface area contributed by atoms with Gasteiger partial charge in [-0.2, -0.15) is 0 Å². The van der Waals surface area contributed by atoms with Gasteiger partial charge in [0.05, 0.1) is 40.1 Å². The lowest BCUT2D eigenvalue weighted by Crippen LogP contribution is -2.51. The van der Waals surface area contributed by atoms with Crippen LogP contribution in [-0.2, 0) is 17.6 Å². The highest BCUT2D eigenvalue weighted by atomic mass is 16.5. The minimum absolute atomic E-state index is 0.0650. The highest BCUT2D eigenvalue weighted by molar-refractivity contribution is 5.84. The molecule has 0 aliphatic carbocycles. The molecule has 1 fully saturated rings. The lowest BCUT2D eigenvalue weighted by atomic mass is 9.88. The molecule has 3 heterocycles. The van der Waals surface area contributed by atoms with Crippen LogP contribution in [0, 0.1) is 0 Å². The van der Waals surface area contributed by atoms with Crippen molar-refractivity contribution in [3.8, 4) is 17.2 Å². The molecule has 0 saturated carbocycles. The number of urea groups is 1. The Morgan fingerprint density at radius 1 is 1.08 bits per heavy atom. The Morgan fingerprint density at radius 2 is 1.92 bits per heavy atom. The summed E-state index contributed by atoms with van der Waals surface area (Å²) in [5.74, 6) is 2.30. The number of carbonyl (C=O) groups is 1. The fourth-order valence-corrected chi connectivity index (χ4v) is 5.40. The van der Waals surface area contributed by atoms with E-state index in [0.29, 0.717) is 39.5 Å². The Morgan fingerprint density at radius 3 is 2.67 bits per heavy atom. The molecule has 0 unspecified atom stereocenters. The topological polar surface area (TPSA) is 76.3 Å². The third-order valence-corrected chi connectivity index (χ3v) is 7.27. The fraction of sp³-hybridized carbons (Fsp3) is 0.464. The third-order valence-electron chi connectivity index (χ3n) is 7.27. The summed E-state index contributed by atoms with van der Waals surface area (Å²) in [5, 5.41) is 1.15. The van der Waals surface area contributed by atoms with Crippen LogP contribution in [0.25, 0.3) is 10.9 Å². The molecule has 8 heteroatoms.